The van der Waals surface area contributed by atoms with Gasteiger partial charge in [-0.3, -0.25) is 14.9 Å². The molecule has 3 amide bonds. The Morgan fingerprint density at radius 3 is 2.29 bits per heavy atom. The molecule has 0 bridgehead atoms. The van der Waals surface area contributed by atoms with Crippen molar-refractivity contribution >= 4 is 35.0 Å². The average Bonchev–Trinajstić information content (AvgIpc) is 2.77. The Morgan fingerprint density at radius 2 is 1.68 bits per heavy atom. The smallest absolute Gasteiger partial charge is 0.340 e. The van der Waals surface area contributed by atoms with Gasteiger partial charge in [0.2, 0.25) is 0 Å². The number of nitro benzene ring substituents is 1. The van der Waals surface area contributed by atoms with Crippen molar-refractivity contribution < 1.29 is 24.0 Å². The number of urea groups is 1. The maximum Gasteiger partial charge on any atom is 0.340 e. The molecule has 0 atom stereocenters. The lowest BCUT2D eigenvalue weighted by atomic mass is 10.1. The summed E-state index contributed by atoms with van der Waals surface area (Å²) in [6.07, 6.45) is 0. The molecule has 31 heavy (non-hydrogen) atoms. The van der Waals surface area contributed by atoms with Crippen molar-refractivity contribution in [2.24, 2.45) is 0 Å². The van der Waals surface area contributed by atoms with E-state index in [1.165, 1.54) is 11.0 Å². The molecule has 0 aliphatic carbocycles. The fourth-order valence-corrected chi connectivity index (χ4v) is 3.03. The van der Waals surface area contributed by atoms with Crippen LogP contribution in [0.25, 0.3) is 0 Å². The second-order valence-corrected chi connectivity index (χ2v) is 6.77. The van der Waals surface area contributed by atoms with Crippen molar-refractivity contribution in [3.8, 4) is 0 Å². The van der Waals surface area contributed by atoms with Crippen LogP contribution in [0, 0.1) is 10.1 Å². The molecule has 0 saturated carbocycles. The van der Waals surface area contributed by atoms with Gasteiger partial charge in [-0.15, -0.1) is 0 Å². The highest BCUT2D eigenvalue weighted by Gasteiger charge is 2.25. The van der Waals surface area contributed by atoms with E-state index in [-0.39, 0.29) is 23.0 Å². The van der Waals surface area contributed by atoms with E-state index >= 15 is 0 Å². The van der Waals surface area contributed by atoms with Crippen LogP contribution in [-0.2, 0) is 9.53 Å². The number of carbonyl (C=O) groups excluding carboxylic acids is 3. The summed E-state index contributed by atoms with van der Waals surface area (Å²) in [5.41, 5.74) is 5.94. The Morgan fingerprint density at radius 1 is 1.03 bits per heavy atom. The number of nitrogen functional groups attached to an aromatic ring is 1. The summed E-state index contributed by atoms with van der Waals surface area (Å²) in [5.74, 6) is -1.25. The van der Waals surface area contributed by atoms with Crippen molar-refractivity contribution in [1.29, 1.82) is 0 Å². The van der Waals surface area contributed by atoms with E-state index in [0.717, 1.165) is 12.1 Å². The molecule has 162 valence electrons. The average molecular weight is 427 g/mol. The molecule has 11 nitrogen and oxygen atoms in total. The molecular weight excluding hydrogens is 406 g/mol. The van der Waals surface area contributed by atoms with Crippen LogP contribution in [0.4, 0.5) is 21.9 Å². The van der Waals surface area contributed by atoms with Crippen LogP contribution in [0.2, 0.25) is 0 Å². The molecule has 0 radical (unpaired) electrons. The van der Waals surface area contributed by atoms with Crippen LogP contribution in [0.5, 0.6) is 0 Å². The molecule has 1 aliphatic rings. The SMILES string of the molecule is Nc1cc([N+](=O)[O-])ccc1C(=O)OCC(=O)N1CCN(C(=O)Nc2ccccc2)CC1. The molecule has 1 fully saturated rings. The first kappa shape index (κ1) is 21.6. The van der Waals surface area contributed by atoms with Crippen LogP contribution in [-0.4, -0.2) is 65.4 Å². The van der Waals surface area contributed by atoms with Crippen molar-refractivity contribution in [2.45, 2.75) is 0 Å². The van der Waals surface area contributed by atoms with E-state index in [1.54, 1.807) is 17.0 Å². The van der Waals surface area contributed by atoms with E-state index in [0.29, 0.717) is 31.9 Å². The number of nitrogens with one attached hydrogen (secondary N) is 1. The predicted octanol–water partition coefficient (Wildman–Crippen LogP) is 1.71. The summed E-state index contributed by atoms with van der Waals surface area (Å²) in [6.45, 7) is 0.795. The van der Waals surface area contributed by atoms with Crippen LogP contribution in [0.15, 0.2) is 48.5 Å². The maximum atomic E-state index is 12.3. The highest BCUT2D eigenvalue weighted by molar-refractivity contribution is 5.96. The number of carbonyl (C=O) groups is 3. The third-order valence-corrected chi connectivity index (χ3v) is 4.74. The summed E-state index contributed by atoms with van der Waals surface area (Å²) >= 11 is 0. The lowest BCUT2D eigenvalue weighted by Gasteiger charge is -2.34. The first-order valence-electron chi connectivity index (χ1n) is 9.45. The van der Waals surface area contributed by atoms with Crippen LogP contribution in [0.3, 0.4) is 0 Å². The third kappa shape index (κ3) is 5.47. The number of piperazine rings is 1. The first-order valence-corrected chi connectivity index (χ1v) is 9.45. The molecule has 2 aromatic carbocycles. The van der Waals surface area contributed by atoms with Gasteiger partial charge in [-0.05, 0) is 18.2 Å². The molecule has 0 unspecified atom stereocenters. The zero-order valence-corrected chi connectivity index (χ0v) is 16.5. The van der Waals surface area contributed by atoms with Gasteiger partial charge >= 0.3 is 12.0 Å². The molecule has 1 heterocycles. The Kier molecular flexibility index (Phi) is 6.65. The highest BCUT2D eigenvalue weighted by atomic mass is 16.6. The number of hydrogen-bond donors (Lipinski definition) is 2. The van der Waals surface area contributed by atoms with Gasteiger partial charge < -0.3 is 25.6 Å². The van der Waals surface area contributed by atoms with Gasteiger partial charge in [0.15, 0.2) is 6.61 Å². The van der Waals surface area contributed by atoms with Crippen LogP contribution < -0.4 is 11.1 Å². The van der Waals surface area contributed by atoms with Gasteiger partial charge in [0, 0.05) is 44.0 Å². The highest BCUT2D eigenvalue weighted by Crippen LogP contribution is 2.20. The minimum atomic E-state index is -0.846. The number of benzene rings is 2. The predicted molar refractivity (Wildman–Crippen MR) is 111 cm³/mol. The molecule has 0 aromatic heterocycles. The number of rotatable bonds is 5. The Hall–Kier alpha value is -4.15. The quantitative estimate of drug-likeness (QED) is 0.319. The third-order valence-electron chi connectivity index (χ3n) is 4.74. The second-order valence-electron chi connectivity index (χ2n) is 6.77. The molecule has 11 heteroatoms. The van der Waals surface area contributed by atoms with Gasteiger partial charge in [0.05, 0.1) is 16.2 Å². The number of nitrogens with zero attached hydrogens (tertiary/aromatic N) is 3. The van der Waals surface area contributed by atoms with E-state index < -0.39 is 23.4 Å². The molecule has 3 N–H and O–H groups in total. The number of esters is 1. The number of nitrogens with two attached hydrogens (primary N) is 1. The van der Waals surface area contributed by atoms with Crippen molar-refractivity contribution in [3.05, 3.63) is 64.2 Å². The standard InChI is InChI=1S/C20H21N5O6/c21-17-12-15(25(29)30)6-7-16(17)19(27)31-13-18(26)23-8-10-24(11-9-23)20(28)22-14-4-2-1-3-5-14/h1-7,12H,8-11,13,21H2,(H,22,28). The maximum absolute atomic E-state index is 12.3. The van der Waals surface area contributed by atoms with E-state index in [2.05, 4.69) is 5.32 Å². The summed E-state index contributed by atoms with van der Waals surface area (Å²) in [7, 11) is 0. The van der Waals surface area contributed by atoms with E-state index in [1.807, 2.05) is 18.2 Å². The number of hydrogen-bond acceptors (Lipinski definition) is 7. The summed E-state index contributed by atoms with van der Waals surface area (Å²) < 4.78 is 5.00. The Labute approximate surface area is 177 Å². The lowest BCUT2D eigenvalue weighted by Crippen LogP contribution is -2.52. The fourth-order valence-electron chi connectivity index (χ4n) is 3.03. The molecule has 2 aromatic rings. The Bertz CT molecular complexity index is 989. The van der Waals surface area contributed by atoms with Gasteiger partial charge in [0.25, 0.3) is 11.6 Å². The summed E-state index contributed by atoms with van der Waals surface area (Å²) in [5, 5.41) is 13.5. The monoisotopic (exact) mass is 427 g/mol. The normalized spacial score (nSPS) is 13.4. The number of non-ortho nitro benzene ring substituents is 1. The topological polar surface area (TPSA) is 148 Å². The summed E-state index contributed by atoms with van der Waals surface area (Å²) in [4.78, 5) is 50.0. The largest absolute Gasteiger partial charge is 0.452 e. The minimum Gasteiger partial charge on any atom is -0.452 e. The second kappa shape index (κ2) is 9.57. The Balaban J connectivity index is 1.46. The number of ether oxygens (including phenoxy) is 1. The molecule has 1 saturated heterocycles. The summed E-state index contributed by atoms with van der Waals surface area (Å²) in [6, 6.07) is 12.2. The lowest BCUT2D eigenvalue weighted by molar-refractivity contribution is -0.384. The van der Waals surface area contributed by atoms with Gasteiger partial charge in [-0.1, -0.05) is 18.2 Å². The van der Waals surface area contributed by atoms with Crippen LogP contribution in [0.1, 0.15) is 10.4 Å². The molecule has 0 spiro atoms. The van der Waals surface area contributed by atoms with E-state index in [9.17, 15) is 24.5 Å². The number of anilines is 2. The van der Waals surface area contributed by atoms with Gasteiger partial charge in [-0.25, -0.2) is 9.59 Å². The van der Waals surface area contributed by atoms with Crippen molar-refractivity contribution in [3.63, 3.8) is 0 Å². The van der Waals surface area contributed by atoms with Gasteiger partial charge in [0.1, 0.15) is 0 Å². The zero-order chi connectivity index (χ0) is 22.4. The van der Waals surface area contributed by atoms with Crippen LogP contribution >= 0.6 is 0 Å². The van der Waals surface area contributed by atoms with Gasteiger partial charge in [-0.2, -0.15) is 0 Å². The molecule has 3 rings (SSSR count). The zero-order valence-electron chi connectivity index (χ0n) is 16.5. The fraction of sp³-hybridized carbons (Fsp3) is 0.250. The number of amides is 3. The van der Waals surface area contributed by atoms with Crippen molar-refractivity contribution in [1.82, 2.24) is 9.80 Å². The number of para-hydroxylation sites is 1. The number of nitro groups is 1. The molecular formula is C20H21N5O6. The first-order chi connectivity index (χ1) is 14.8. The minimum absolute atomic E-state index is 0.0548. The van der Waals surface area contributed by atoms with E-state index in [4.69, 9.17) is 10.5 Å². The molecule has 1 aliphatic heterocycles. The van der Waals surface area contributed by atoms with Crippen molar-refractivity contribution in [2.75, 3.05) is 43.8 Å².